The van der Waals surface area contributed by atoms with E-state index in [0.29, 0.717) is 0 Å². The minimum absolute atomic E-state index is 1.30. The first-order valence-corrected chi connectivity index (χ1v) is 5.15. The molecule has 0 aromatic rings. The van der Waals surface area contributed by atoms with Crippen LogP contribution in [0.25, 0.3) is 0 Å². The molecule has 0 amide bonds. The van der Waals surface area contributed by atoms with E-state index in [0.717, 1.165) is 0 Å². The Morgan fingerprint density at radius 2 is 0.565 bits per heavy atom. The standard InChI is InChI=1S/C9H6F14/c1-3(10,11)5(4(2,12)13,6(14,15)8(18,19)20)7(16,17)9(21,22)23/h1-2H3. The summed E-state index contributed by atoms with van der Waals surface area (Å²) in [5.74, 6) is -28.6. The van der Waals surface area contributed by atoms with Crippen molar-refractivity contribution in [3.8, 4) is 0 Å². The number of hydrogen-bond acceptors (Lipinski definition) is 0. The molecule has 0 unspecified atom stereocenters. The summed E-state index contributed by atoms with van der Waals surface area (Å²) in [4.78, 5) is 0. The van der Waals surface area contributed by atoms with Crippen molar-refractivity contribution in [2.75, 3.05) is 0 Å². The summed E-state index contributed by atoms with van der Waals surface area (Å²) < 4.78 is 179. The molecule has 0 aliphatic heterocycles. The highest BCUT2D eigenvalue weighted by Crippen LogP contribution is 2.70. The Morgan fingerprint density at radius 3 is 0.652 bits per heavy atom. The molecule has 14 heteroatoms. The van der Waals surface area contributed by atoms with E-state index in [1.165, 1.54) is 0 Å². The second kappa shape index (κ2) is 5.01. The normalized spacial score (nSPS) is 16.7. The Kier molecular flexibility index (Phi) is 4.79. The lowest BCUT2D eigenvalue weighted by Crippen LogP contribution is -2.77. The van der Waals surface area contributed by atoms with Gasteiger partial charge in [-0.25, -0.2) is 17.6 Å². The summed E-state index contributed by atoms with van der Waals surface area (Å²) in [6.45, 7) is -2.60. The zero-order valence-electron chi connectivity index (χ0n) is 10.8. The van der Waals surface area contributed by atoms with Gasteiger partial charge in [-0.05, 0) is 0 Å². The van der Waals surface area contributed by atoms with Gasteiger partial charge in [-0.3, -0.25) is 0 Å². The lowest BCUT2D eigenvalue weighted by molar-refractivity contribution is -0.478. The fourth-order valence-electron chi connectivity index (χ4n) is 2.11. The highest BCUT2D eigenvalue weighted by molar-refractivity contribution is 5.18. The Labute approximate surface area is 118 Å². The molecule has 0 aromatic carbocycles. The van der Waals surface area contributed by atoms with Crippen molar-refractivity contribution in [2.45, 2.75) is 49.9 Å². The Morgan fingerprint density at radius 1 is 0.391 bits per heavy atom. The number of hydrogen-bond donors (Lipinski definition) is 0. The van der Waals surface area contributed by atoms with Crippen molar-refractivity contribution in [2.24, 2.45) is 5.41 Å². The van der Waals surface area contributed by atoms with E-state index in [9.17, 15) is 61.5 Å². The topological polar surface area (TPSA) is 0 Å². The van der Waals surface area contributed by atoms with Gasteiger partial charge in [-0.15, -0.1) is 0 Å². The minimum Gasteiger partial charge on any atom is -0.206 e. The Bertz CT molecular complexity index is 385. The molecular weight excluding hydrogens is 374 g/mol. The van der Waals surface area contributed by atoms with Crippen molar-refractivity contribution >= 4 is 0 Å². The third kappa shape index (κ3) is 2.71. The Hall–Kier alpha value is -0.980. The van der Waals surface area contributed by atoms with E-state index in [4.69, 9.17) is 0 Å². The maximum atomic E-state index is 13.2. The van der Waals surface area contributed by atoms with E-state index in [1.54, 1.807) is 0 Å². The van der Waals surface area contributed by atoms with Crippen LogP contribution in [0.15, 0.2) is 0 Å². The van der Waals surface area contributed by atoms with Gasteiger partial charge in [0.2, 0.25) is 5.41 Å². The molecule has 0 nitrogen and oxygen atoms in total. The molecular formula is C9H6F14. The molecule has 0 saturated heterocycles. The van der Waals surface area contributed by atoms with Crippen LogP contribution in [-0.2, 0) is 0 Å². The molecule has 0 heterocycles. The van der Waals surface area contributed by atoms with Crippen molar-refractivity contribution in [3.63, 3.8) is 0 Å². The number of halogens is 14. The lowest BCUT2D eigenvalue weighted by atomic mass is 9.65. The number of alkyl halides is 14. The van der Waals surface area contributed by atoms with Crippen LogP contribution in [0.5, 0.6) is 0 Å². The van der Waals surface area contributed by atoms with Crippen molar-refractivity contribution in [1.29, 1.82) is 0 Å². The summed E-state index contributed by atoms with van der Waals surface area (Å²) in [5.41, 5.74) is -7.45. The van der Waals surface area contributed by atoms with Crippen molar-refractivity contribution < 1.29 is 61.5 Å². The summed E-state index contributed by atoms with van der Waals surface area (Å²) in [5, 5.41) is 0. The first-order valence-electron chi connectivity index (χ1n) is 5.15. The average molecular weight is 380 g/mol. The molecule has 0 radical (unpaired) electrons. The van der Waals surface area contributed by atoms with E-state index < -0.39 is 55.3 Å². The van der Waals surface area contributed by atoms with Gasteiger partial charge in [0.25, 0.3) is 11.8 Å². The molecule has 23 heavy (non-hydrogen) atoms. The molecule has 0 fully saturated rings. The van der Waals surface area contributed by atoms with Crippen molar-refractivity contribution in [1.82, 2.24) is 0 Å². The minimum atomic E-state index is -7.81. The van der Waals surface area contributed by atoms with Gasteiger partial charge < -0.3 is 0 Å². The van der Waals surface area contributed by atoms with Gasteiger partial charge >= 0.3 is 24.2 Å². The molecule has 0 saturated carbocycles. The molecule has 0 aliphatic rings. The quantitative estimate of drug-likeness (QED) is 0.551. The van der Waals surface area contributed by atoms with Crippen LogP contribution in [0.2, 0.25) is 0 Å². The molecule has 0 aromatic heterocycles. The fraction of sp³-hybridized carbons (Fsp3) is 1.00. The zero-order valence-corrected chi connectivity index (χ0v) is 10.8. The molecule has 0 aliphatic carbocycles. The predicted molar refractivity (Wildman–Crippen MR) is 45.7 cm³/mol. The maximum absolute atomic E-state index is 13.2. The average Bonchev–Trinajstić information content (AvgIpc) is 2.06. The van der Waals surface area contributed by atoms with E-state index >= 15 is 0 Å². The van der Waals surface area contributed by atoms with Gasteiger partial charge in [0.1, 0.15) is 0 Å². The third-order valence-corrected chi connectivity index (χ3v) is 2.97. The smallest absolute Gasteiger partial charge is 0.206 e. The van der Waals surface area contributed by atoms with Gasteiger partial charge in [-0.1, -0.05) is 0 Å². The second-order valence-electron chi connectivity index (χ2n) is 4.67. The molecule has 0 rings (SSSR count). The first kappa shape index (κ1) is 22.0. The summed E-state index contributed by atoms with van der Waals surface area (Å²) >= 11 is 0. The van der Waals surface area contributed by atoms with Crippen LogP contribution in [0.1, 0.15) is 13.8 Å². The highest BCUT2D eigenvalue weighted by Gasteiger charge is 2.96. The highest BCUT2D eigenvalue weighted by atomic mass is 19.4. The zero-order chi connectivity index (χ0) is 19.5. The van der Waals surface area contributed by atoms with Gasteiger partial charge in [-0.2, -0.15) is 43.9 Å². The van der Waals surface area contributed by atoms with E-state index in [1.807, 2.05) is 0 Å². The largest absolute Gasteiger partial charge is 0.454 e. The lowest BCUT2D eigenvalue weighted by Gasteiger charge is -2.50. The maximum Gasteiger partial charge on any atom is 0.454 e. The molecule has 0 bridgehead atoms. The van der Waals surface area contributed by atoms with Crippen LogP contribution in [0.3, 0.4) is 0 Å². The van der Waals surface area contributed by atoms with Crippen LogP contribution < -0.4 is 0 Å². The Balaban J connectivity index is 7.30. The summed E-state index contributed by atoms with van der Waals surface area (Å²) in [6, 6.07) is 0. The van der Waals surface area contributed by atoms with Crippen molar-refractivity contribution in [3.05, 3.63) is 0 Å². The van der Waals surface area contributed by atoms with Crippen LogP contribution in [0.4, 0.5) is 61.5 Å². The monoisotopic (exact) mass is 380 g/mol. The number of rotatable bonds is 4. The van der Waals surface area contributed by atoms with E-state index in [2.05, 4.69) is 0 Å². The van der Waals surface area contributed by atoms with Gasteiger partial charge in [0, 0.05) is 13.8 Å². The van der Waals surface area contributed by atoms with Gasteiger partial charge in [0.15, 0.2) is 0 Å². The molecule has 140 valence electrons. The van der Waals surface area contributed by atoms with Crippen LogP contribution in [-0.4, -0.2) is 36.0 Å². The van der Waals surface area contributed by atoms with Crippen LogP contribution in [0, 0.1) is 5.41 Å². The predicted octanol–water partition coefficient (Wildman–Crippen LogP) is 5.68. The fourth-order valence-corrected chi connectivity index (χ4v) is 2.11. The summed E-state index contributed by atoms with van der Waals surface area (Å²) in [7, 11) is 0. The van der Waals surface area contributed by atoms with Gasteiger partial charge in [0.05, 0.1) is 0 Å². The first-order chi connectivity index (χ1) is 9.50. The molecule has 0 N–H and O–H groups in total. The third-order valence-electron chi connectivity index (χ3n) is 2.97. The molecule has 0 spiro atoms. The molecule has 0 atom stereocenters. The van der Waals surface area contributed by atoms with E-state index in [-0.39, 0.29) is 0 Å². The summed E-state index contributed by atoms with van der Waals surface area (Å²) in [6.07, 6.45) is -15.1. The SMILES string of the molecule is CC(F)(F)C(C(C)(F)F)(C(F)(F)C(F)(F)F)C(F)(F)C(F)(F)F. The van der Waals surface area contributed by atoms with Crippen LogP contribution >= 0.6 is 0 Å². The second-order valence-corrected chi connectivity index (χ2v) is 4.67.